The van der Waals surface area contributed by atoms with E-state index in [1.807, 2.05) is 18.2 Å². The van der Waals surface area contributed by atoms with Crippen LogP contribution in [0.2, 0.25) is 0 Å². The van der Waals surface area contributed by atoms with Gasteiger partial charge in [0.25, 0.3) is 10.0 Å². The third-order valence-corrected chi connectivity index (χ3v) is 7.22. The van der Waals surface area contributed by atoms with Crippen LogP contribution in [-0.2, 0) is 19.6 Å². The summed E-state index contributed by atoms with van der Waals surface area (Å²) in [4.78, 5) is 16.3. The van der Waals surface area contributed by atoms with E-state index < -0.39 is 15.8 Å². The lowest BCUT2D eigenvalue weighted by Gasteiger charge is -2.22. The molecule has 0 saturated heterocycles. The van der Waals surface area contributed by atoms with Crippen LogP contribution < -0.4 is 9.62 Å². The van der Waals surface area contributed by atoms with E-state index in [9.17, 15) is 12.8 Å². The van der Waals surface area contributed by atoms with Gasteiger partial charge in [-0.3, -0.25) is 4.31 Å². The van der Waals surface area contributed by atoms with Crippen LogP contribution in [0.15, 0.2) is 47.4 Å². The number of hydrogen-bond donors (Lipinski definition) is 1. The van der Waals surface area contributed by atoms with Gasteiger partial charge in [-0.15, -0.1) is 0 Å². The van der Waals surface area contributed by atoms with Gasteiger partial charge < -0.3 is 5.32 Å². The largest absolute Gasteiger partial charge is 0.373 e. The molecule has 0 fully saturated rings. The predicted molar refractivity (Wildman–Crippen MR) is 117 cm³/mol. The summed E-state index contributed by atoms with van der Waals surface area (Å²) >= 11 is 0. The zero-order chi connectivity index (χ0) is 22.9. The van der Waals surface area contributed by atoms with Gasteiger partial charge in [0.05, 0.1) is 16.6 Å². The molecule has 168 valence electrons. The van der Waals surface area contributed by atoms with Gasteiger partial charge in [-0.25, -0.2) is 12.8 Å². The number of hydrogen-bond acceptors (Lipinski definition) is 5. The normalized spacial score (nSPS) is 16.2. The number of rotatable bonds is 8. The molecule has 0 bridgehead atoms. The number of nitrogens with one attached hydrogen (secondary N) is 1. The van der Waals surface area contributed by atoms with E-state index in [1.165, 1.54) is 43.1 Å². The van der Waals surface area contributed by atoms with Gasteiger partial charge in [-0.1, -0.05) is 63.3 Å². The van der Waals surface area contributed by atoms with Crippen LogP contribution in [0.4, 0.5) is 10.1 Å². The summed E-state index contributed by atoms with van der Waals surface area (Å²) in [6.45, 7) is 2.99. The second kappa shape index (κ2) is 11.7. The Hall–Kier alpha value is -2.54. The van der Waals surface area contributed by atoms with Crippen molar-refractivity contribution in [1.82, 2.24) is 5.32 Å². The van der Waals surface area contributed by atoms with Crippen LogP contribution in [0.1, 0.15) is 62.6 Å². The van der Waals surface area contributed by atoms with Crippen molar-refractivity contribution in [3.63, 3.8) is 0 Å². The van der Waals surface area contributed by atoms with Crippen LogP contribution in [0.3, 0.4) is 0 Å². The Labute approximate surface area is 183 Å². The first-order valence-corrected chi connectivity index (χ1v) is 11.9. The van der Waals surface area contributed by atoms with E-state index >= 15 is 0 Å². The number of para-hydroxylation sites is 1. The molecule has 1 aliphatic heterocycles. The molecule has 6 nitrogen and oxygen atoms in total. The number of sulfonamides is 1. The first-order valence-electron chi connectivity index (χ1n) is 10.5. The highest BCUT2D eigenvalue weighted by molar-refractivity contribution is 7.92. The predicted octanol–water partition coefficient (Wildman–Crippen LogP) is 4.42. The standard InChI is InChI=1S/C22H29FN2O2S.CO2/c1-3-4-5-6-7-10-15-24-22-18-11-8-9-12-20(18)25(2)28(26,27)21-16-17(23)13-14-19(21)22;2-1-3/h8-9,11-14,16,22,24H,3-7,10,15H2,1-2H3;. The average Bonchev–Trinajstić information content (AvgIpc) is 2.82. The Bertz CT molecular complexity index is 1000. The van der Waals surface area contributed by atoms with Gasteiger partial charge >= 0.3 is 6.15 Å². The van der Waals surface area contributed by atoms with Gasteiger partial charge in [-0.05, 0) is 42.3 Å². The Morgan fingerprint density at radius 2 is 1.65 bits per heavy atom. The third-order valence-electron chi connectivity index (χ3n) is 5.39. The molecule has 0 aromatic heterocycles. The molecule has 0 aliphatic carbocycles. The lowest BCUT2D eigenvalue weighted by Crippen LogP contribution is -2.26. The number of nitrogens with zero attached hydrogens (tertiary/aromatic N) is 1. The maximum Gasteiger partial charge on any atom is 0.373 e. The van der Waals surface area contributed by atoms with Crippen LogP contribution in [0.25, 0.3) is 0 Å². The van der Waals surface area contributed by atoms with Crippen molar-refractivity contribution in [2.24, 2.45) is 0 Å². The monoisotopic (exact) mass is 448 g/mol. The molecule has 0 radical (unpaired) electrons. The van der Waals surface area contributed by atoms with Crippen molar-refractivity contribution in [1.29, 1.82) is 0 Å². The first-order chi connectivity index (χ1) is 14.9. The summed E-state index contributed by atoms with van der Waals surface area (Å²) in [5.41, 5.74) is 2.12. The maximum absolute atomic E-state index is 13.9. The molecule has 1 heterocycles. The molecule has 0 spiro atoms. The average molecular weight is 449 g/mol. The molecule has 1 aliphatic rings. The fourth-order valence-electron chi connectivity index (χ4n) is 3.80. The van der Waals surface area contributed by atoms with Crippen molar-refractivity contribution in [3.05, 3.63) is 59.4 Å². The second-order valence-electron chi connectivity index (χ2n) is 7.45. The van der Waals surface area contributed by atoms with E-state index in [-0.39, 0.29) is 17.1 Å². The summed E-state index contributed by atoms with van der Waals surface area (Å²) in [7, 11) is -2.29. The molecule has 2 aromatic carbocycles. The van der Waals surface area contributed by atoms with Gasteiger partial charge in [0.1, 0.15) is 5.82 Å². The van der Waals surface area contributed by atoms with Crippen molar-refractivity contribution in [2.45, 2.75) is 56.4 Å². The highest BCUT2D eigenvalue weighted by Gasteiger charge is 2.34. The van der Waals surface area contributed by atoms with Crippen molar-refractivity contribution in [2.75, 3.05) is 17.9 Å². The minimum absolute atomic E-state index is 0.0339. The van der Waals surface area contributed by atoms with E-state index in [2.05, 4.69) is 12.2 Å². The first kappa shape index (κ1) is 24.7. The summed E-state index contributed by atoms with van der Waals surface area (Å²) in [6, 6.07) is 11.3. The molecule has 31 heavy (non-hydrogen) atoms. The van der Waals surface area contributed by atoms with E-state index in [4.69, 9.17) is 9.59 Å². The van der Waals surface area contributed by atoms with Crippen LogP contribution in [-0.4, -0.2) is 28.2 Å². The summed E-state index contributed by atoms with van der Waals surface area (Å²) in [5.74, 6) is -0.545. The van der Waals surface area contributed by atoms with E-state index in [1.54, 1.807) is 12.1 Å². The highest BCUT2D eigenvalue weighted by atomic mass is 32.2. The number of benzene rings is 2. The van der Waals surface area contributed by atoms with Crippen molar-refractivity contribution in [3.8, 4) is 0 Å². The zero-order valence-corrected chi connectivity index (χ0v) is 18.8. The molecule has 1 unspecified atom stereocenters. The zero-order valence-electron chi connectivity index (χ0n) is 17.9. The van der Waals surface area contributed by atoms with Gasteiger partial charge in [-0.2, -0.15) is 9.59 Å². The second-order valence-corrected chi connectivity index (χ2v) is 9.39. The Balaban J connectivity index is 0.00000107. The number of fused-ring (bicyclic) bond motifs is 2. The quantitative estimate of drug-likeness (QED) is 0.605. The summed E-state index contributed by atoms with van der Waals surface area (Å²) in [5, 5.41) is 3.53. The smallest absolute Gasteiger partial charge is 0.306 e. The number of unbranched alkanes of at least 4 members (excludes halogenated alkanes) is 5. The Morgan fingerprint density at radius 1 is 1.00 bits per heavy atom. The molecular weight excluding hydrogens is 419 g/mol. The summed E-state index contributed by atoms with van der Waals surface area (Å²) < 4.78 is 41.3. The van der Waals surface area contributed by atoms with E-state index in [0.29, 0.717) is 11.3 Å². The number of halogens is 1. The maximum atomic E-state index is 13.9. The fraction of sp³-hybridized carbons (Fsp3) is 0.435. The Kier molecular flexibility index (Phi) is 9.37. The molecule has 8 heteroatoms. The number of carbonyl (C=O) groups excluding carboxylic acids is 2. The lowest BCUT2D eigenvalue weighted by molar-refractivity contribution is -0.191. The fourth-order valence-corrected chi connectivity index (χ4v) is 5.27. The molecule has 1 atom stereocenters. The van der Waals surface area contributed by atoms with Gasteiger partial charge in [0.2, 0.25) is 0 Å². The van der Waals surface area contributed by atoms with Crippen LogP contribution in [0.5, 0.6) is 0 Å². The minimum atomic E-state index is -3.82. The molecular formula is C23H29FN2O4S. The van der Waals surface area contributed by atoms with Crippen molar-refractivity contribution >= 4 is 21.9 Å². The number of anilines is 1. The summed E-state index contributed by atoms with van der Waals surface area (Å²) in [6.07, 6.45) is 7.40. The molecule has 0 saturated carbocycles. The minimum Gasteiger partial charge on any atom is -0.306 e. The Morgan fingerprint density at radius 3 is 2.35 bits per heavy atom. The topological polar surface area (TPSA) is 83.6 Å². The molecule has 2 aromatic rings. The van der Waals surface area contributed by atoms with Crippen molar-refractivity contribution < 1.29 is 22.4 Å². The van der Waals surface area contributed by atoms with Crippen LogP contribution >= 0.6 is 0 Å². The van der Waals surface area contributed by atoms with Crippen LogP contribution in [0, 0.1) is 5.82 Å². The third kappa shape index (κ3) is 6.00. The molecule has 1 N–H and O–H groups in total. The highest BCUT2D eigenvalue weighted by Crippen LogP contribution is 2.40. The molecule has 3 rings (SSSR count). The van der Waals surface area contributed by atoms with Gasteiger partial charge in [0, 0.05) is 7.05 Å². The molecule has 0 amide bonds. The SMILES string of the molecule is CCCCCCCCNC1c2ccccc2N(C)S(=O)(=O)c2cc(F)ccc21.O=C=O. The van der Waals surface area contributed by atoms with E-state index in [0.717, 1.165) is 31.0 Å². The van der Waals surface area contributed by atoms with Gasteiger partial charge in [0.15, 0.2) is 0 Å². The lowest BCUT2D eigenvalue weighted by atomic mass is 9.96.